The fourth-order valence-electron chi connectivity index (χ4n) is 1.58. The summed E-state index contributed by atoms with van der Waals surface area (Å²) in [6, 6.07) is 0. The molecule has 0 radical (unpaired) electrons. The van der Waals surface area contributed by atoms with Gasteiger partial charge in [-0.1, -0.05) is 27.7 Å². The summed E-state index contributed by atoms with van der Waals surface area (Å²) in [7, 11) is 0. The molecule has 0 aromatic rings. The summed E-state index contributed by atoms with van der Waals surface area (Å²) in [6.45, 7) is 8.22. The van der Waals surface area contributed by atoms with E-state index >= 15 is 0 Å². The van der Waals surface area contributed by atoms with Gasteiger partial charge < -0.3 is 0 Å². The van der Waals surface area contributed by atoms with Gasteiger partial charge in [-0.2, -0.15) is 0 Å². The van der Waals surface area contributed by atoms with Crippen LogP contribution in [0.3, 0.4) is 0 Å². The number of hydrogen-bond acceptors (Lipinski definition) is 2. The topological polar surface area (TPSA) is 37.4 Å². The Morgan fingerprint density at radius 2 is 1.92 bits per heavy atom. The molecule has 0 spiro atoms. The molecule has 0 unspecified atom stereocenters. The molecule has 0 bridgehead atoms. The second-order valence-corrected chi connectivity index (χ2v) is 4.76. The molecule has 0 aromatic heterocycles. The SMILES string of the molecule is CC(C)CN1C(=O)CC(C)(C)C1=O. The minimum absolute atomic E-state index is 0.0220. The van der Waals surface area contributed by atoms with E-state index in [1.165, 1.54) is 4.90 Å². The minimum Gasteiger partial charge on any atom is -0.282 e. The van der Waals surface area contributed by atoms with E-state index < -0.39 is 5.41 Å². The van der Waals surface area contributed by atoms with Crippen LogP contribution in [-0.2, 0) is 9.59 Å². The molecule has 0 aromatic carbocycles. The molecular formula is C10H17NO2. The molecule has 0 N–H and O–H groups in total. The smallest absolute Gasteiger partial charge is 0.235 e. The Morgan fingerprint density at radius 1 is 1.38 bits per heavy atom. The Hall–Kier alpha value is -0.860. The number of rotatable bonds is 2. The van der Waals surface area contributed by atoms with Gasteiger partial charge in [-0.15, -0.1) is 0 Å². The van der Waals surface area contributed by atoms with Crippen LogP contribution >= 0.6 is 0 Å². The third-order valence-corrected chi connectivity index (χ3v) is 2.27. The van der Waals surface area contributed by atoms with Gasteiger partial charge in [0.05, 0.1) is 5.41 Å². The van der Waals surface area contributed by atoms with Crippen LogP contribution in [-0.4, -0.2) is 23.3 Å². The van der Waals surface area contributed by atoms with Crippen molar-refractivity contribution in [3.8, 4) is 0 Å². The number of carbonyl (C=O) groups is 2. The molecule has 0 saturated carbocycles. The number of likely N-dealkylation sites (tertiary alicyclic amines) is 1. The number of carbonyl (C=O) groups excluding carboxylic acids is 2. The number of nitrogens with zero attached hydrogens (tertiary/aromatic N) is 1. The lowest BCUT2D eigenvalue weighted by Gasteiger charge is -2.19. The Kier molecular flexibility index (Phi) is 2.46. The van der Waals surface area contributed by atoms with E-state index in [0.717, 1.165) is 0 Å². The second-order valence-electron chi connectivity index (χ2n) is 4.76. The van der Waals surface area contributed by atoms with Crippen LogP contribution in [0.2, 0.25) is 0 Å². The monoisotopic (exact) mass is 183 g/mol. The minimum atomic E-state index is -0.480. The Morgan fingerprint density at radius 3 is 2.23 bits per heavy atom. The zero-order valence-corrected chi connectivity index (χ0v) is 8.76. The average molecular weight is 183 g/mol. The summed E-state index contributed by atoms with van der Waals surface area (Å²) in [5.74, 6) is 0.303. The molecule has 1 aliphatic heterocycles. The van der Waals surface area contributed by atoms with E-state index in [4.69, 9.17) is 0 Å². The highest BCUT2D eigenvalue weighted by molar-refractivity contribution is 6.05. The summed E-state index contributed by atoms with van der Waals surface area (Å²) in [4.78, 5) is 24.5. The van der Waals surface area contributed by atoms with Gasteiger partial charge in [0.15, 0.2) is 0 Å². The van der Waals surface area contributed by atoms with E-state index in [1.807, 2.05) is 27.7 Å². The molecule has 0 aliphatic carbocycles. The van der Waals surface area contributed by atoms with Gasteiger partial charge in [0.2, 0.25) is 11.8 Å². The first-order valence-electron chi connectivity index (χ1n) is 4.69. The van der Waals surface area contributed by atoms with E-state index in [2.05, 4.69) is 0 Å². The molecule has 74 valence electrons. The molecule has 13 heavy (non-hydrogen) atoms. The van der Waals surface area contributed by atoms with Crippen LogP contribution in [0.25, 0.3) is 0 Å². The first-order valence-corrected chi connectivity index (χ1v) is 4.69. The number of hydrogen-bond donors (Lipinski definition) is 0. The van der Waals surface area contributed by atoms with Crippen LogP contribution in [0.4, 0.5) is 0 Å². The van der Waals surface area contributed by atoms with E-state index in [9.17, 15) is 9.59 Å². The summed E-state index contributed by atoms with van der Waals surface area (Å²) in [6.07, 6.45) is 0.360. The molecule has 1 saturated heterocycles. The van der Waals surface area contributed by atoms with Gasteiger partial charge >= 0.3 is 0 Å². The Labute approximate surface area is 79.1 Å². The highest BCUT2D eigenvalue weighted by Crippen LogP contribution is 2.31. The lowest BCUT2D eigenvalue weighted by atomic mass is 9.92. The number of amides is 2. The van der Waals surface area contributed by atoms with E-state index in [0.29, 0.717) is 18.9 Å². The molecule has 3 heteroatoms. The predicted octanol–water partition coefficient (Wildman–Crippen LogP) is 1.43. The first kappa shape index (κ1) is 10.2. The van der Waals surface area contributed by atoms with E-state index in [1.54, 1.807) is 0 Å². The van der Waals surface area contributed by atoms with Crippen molar-refractivity contribution in [2.24, 2.45) is 11.3 Å². The van der Waals surface area contributed by atoms with E-state index in [-0.39, 0.29) is 11.8 Å². The maximum Gasteiger partial charge on any atom is 0.235 e. The molecule has 1 rings (SSSR count). The molecule has 3 nitrogen and oxygen atoms in total. The van der Waals surface area contributed by atoms with Gasteiger partial charge in [-0.3, -0.25) is 14.5 Å². The summed E-state index contributed by atoms with van der Waals surface area (Å²) in [5.41, 5.74) is -0.480. The van der Waals surface area contributed by atoms with Gasteiger partial charge in [0.1, 0.15) is 0 Å². The maximum atomic E-state index is 11.7. The van der Waals surface area contributed by atoms with Crippen LogP contribution in [0.5, 0.6) is 0 Å². The van der Waals surface area contributed by atoms with Crippen molar-refractivity contribution in [2.75, 3.05) is 6.54 Å². The van der Waals surface area contributed by atoms with Gasteiger partial charge in [-0.25, -0.2) is 0 Å². The van der Waals surface area contributed by atoms with Crippen molar-refractivity contribution >= 4 is 11.8 Å². The molecule has 1 aliphatic rings. The van der Waals surface area contributed by atoms with Crippen molar-refractivity contribution in [1.29, 1.82) is 0 Å². The van der Waals surface area contributed by atoms with Crippen molar-refractivity contribution in [3.05, 3.63) is 0 Å². The summed E-state index contributed by atoms with van der Waals surface area (Å²) < 4.78 is 0. The maximum absolute atomic E-state index is 11.7. The lowest BCUT2D eigenvalue weighted by Crippen LogP contribution is -2.35. The largest absolute Gasteiger partial charge is 0.282 e. The third kappa shape index (κ3) is 1.90. The Bertz CT molecular complexity index is 243. The normalized spacial score (nSPS) is 21.8. The van der Waals surface area contributed by atoms with Crippen molar-refractivity contribution < 1.29 is 9.59 Å². The van der Waals surface area contributed by atoms with Crippen LogP contribution in [0, 0.1) is 11.3 Å². The third-order valence-electron chi connectivity index (χ3n) is 2.27. The zero-order chi connectivity index (χ0) is 10.2. The standard InChI is InChI=1S/C10H17NO2/c1-7(2)6-11-8(12)5-10(3,4)9(11)13/h7H,5-6H2,1-4H3. The van der Waals surface area contributed by atoms with Crippen LogP contribution in [0.15, 0.2) is 0 Å². The van der Waals surface area contributed by atoms with Crippen molar-refractivity contribution in [3.63, 3.8) is 0 Å². The Balaban J connectivity index is 2.77. The molecule has 1 heterocycles. The predicted molar refractivity (Wildman–Crippen MR) is 50.0 cm³/mol. The highest BCUT2D eigenvalue weighted by atomic mass is 16.2. The fraction of sp³-hybridized carbons (Fsp3) is 0.800. The summed E-state index contributed by atoms with van der Waals surface area (Å²) >= 11 is 0. The molecular weight excluding hydrogens is 166 g/mol. The zero-order valence-electron chi connectivity index (χ0n) is 8.76. The van der Waals surface area contributed by atoms with Crippen molar-refractivity contribution in [1.82, 2.24) is 4.90 Å². The second kappa shape index (κ2) is 3.13. The number of imide groups is 1. The highest BCUT2D eigenvalue weighted by Gasteiger charge is 2.44. The van der Waals surface area contributed by atoms with Gasteiger partial charge in [0.25, 0.3) is 0 Å². The quantitative estimate of drug-likeness (QED) is 0.607. The lowest BCUT2D eigenvalue weighted by molar-refractivity contribution is -0.141. The average Bonchev–Trinajstić information content (AvgIpc) is 2.12. The fourth-order valence-corrected chi connectivity index (χ4v) is 1.58. The van der Waals surface area contributed by atoms with Crippen LogP contribution < -0.4 is 0 Å². The summed E-state index contributed by atoms with van der Waals surface area (Å²) in [5, 5.41) is 0. The van der Waals surface area contributed by atoms with Gasteiger partial charge in [0, 0.05) is 13.0 Å². The molecule has 2 amide bonds. The van der Waals surface area contributed by atoms with Gasteiger partial charge in [-0.05, 0) is 5.92 Å². The first-order chi connectivity index (χ1) is 5.84. The molecule has 0 atom stereocenters. The molecule has 1 fully saturated rings. The van der Waals surface area contributed by atoms with Crippen molar-refractivity contribution in [2.45, 2.75) is 34.1 Å². The van der Waals surface area contributed by atoms with Crippen LogP contribution in [0.1, 0.15) is 34.1 Å².